The van der Waals surface area contributed by atoms with E-state index in [9.17, 15) is 14.0 Å². The lowest BCUT2D eigenvalue weighted by Crippen LogP contribution is -2.42. The molecule has 4 N–H and O–H groups in total. The van der Waals surface area contributed by atoms with E-state index < -0.39 is 29.8 Å². The number of halogens is 1. The Labute approximate surface area is 144 Å². The predicted octanol–water partition coefficient (Wildman–Crippen LogP) is 2.11. The van der Waals surface area contributed by atoms with Gasteiger partial charge in [-0.25, -0.2) is 4.39 Å². The normalized spacial score (nSPS) is 12.9. The first-order valence-electron chi connectivity index (χ1n) is 7.65. The van der Waals surface area contributed by atoms with Crippen molar-refractivity contribution in [3.63, 3.8) is 0 Å². The number of amides is 1. The number of hydrogen-bond donors (Lipinski definition) is 3. The molecule has 0 aliphatic carbocycles. The van der Waals surface area contributed by atoms with Gasteiger partial charge < -0.3 is 20.9 Å². The molecule has 0 saturated carbocycles. The van der Waals surface area contributed by atoms with Crippen molar-refractivity contribution >= 4 is 11.9 Å². The van der Waals surface area contributed by atoms with Gasteiger partial charge in [0.2, 0.25) is 0 Å². The summed E-state index contributed by atoms with van der Waals surface area (Å²) in [5, 5.41) is 11.1. The molecule has 6 nitrogen and oxygen atoms in total. The molecule has 2 atom stereocenters. The average Bonchev–Trinajstić information content (AvgIpc) is 2.59. The fourth-order valence-corrected chi connectivity index (χ4v) is 2.14. The molecule has 1 amide bonds. The highest BCUT2D eigenvalue weighted by Gasteiger charge is 2.16. The second-order valence-electron chi connectivity index (χ2n) is 5.50. The van der Waals surface area contributed by atoms with Gasteiger partial charge in [-0.3, -0.25) is 9.59 Å². The molecule has 132 valence electrons. The van der Waals surface area contributed by atoms with Crippen molar-refractivity contribution in [3.05, 3.63) is 65.5 Å². The summed E-state index contributed by atoms with van der Waals surface area (Å²) in [5.74, 6) is -1.80. The Morgan fingerprint density at radius 2 is 1.92 bits per heavy atom. The monoisotopic (exact) mass is 346 g/mol. The molecule has 2 aromatic rings. The van der Waals surface area contributed by atoms with Crippen molar-refractivity contribution in [1.29, 1.82) is 0 Å². The van der Waals surface area contributed by atoms with Gasteiger partial charge in [0.05, 0.1) is 0 Å². The Bertz CT molecular complexity index is 752. The molecule has 1 unspecified atom stereocenters. The first kappa shape index (κ1) is 18.4. The Hall–Kier alpha value is -2.93. The summed E-state index contributed by atoms with van der Waals surface area (Å²) in [6.45, 7) is 1.49. The van der Waals surface area contributed by atoms with Gasteiger partial charge in [0.1, 0.15) is 23.7 Å². The average molecular weight is 346 g/mol. The van der Waals surface area contributed by atoms with Crippen molar-refractivity contribution in [2.24, 2.45) is 5.73 Å². The zero-order valence-electron chi connectivity index (χ0n) is 13.6. The molecule has 0 aliphatic rings. The molecule has 2 rings (SSSR count). The van der Waals surface area contributed by atoms with Gasteiger partial charge in [-0.15, -0.1) is 0 Å². The third-order valence-corrected chi connectivity index (χ3v) is 3.51. The Kier molecular flexibility index (Phi) is 6.08. The minimum Gasteiger partial charge on any atom is -0.486 e. The number of benzene rings is 2. The standard InChI is InChI=1S/C18H19FN2O4/c1-11(25-15-5-3-2-4-6-15)12-7-13(9-14(19)8-12)17(22)21-10-16(20)18(23)24/h2-9,11,16H,10,20H2,1H3,(H,21,22)(H,23,24)/t11?,16-/m1/s1. The van der Waals surface area contributed by atoms with E-state index in [0.717, 1.165) is 6.07 Å². The van der Waals surface area contributed by atoms with Gasteiger partial charge in [0.25, 0.3) is 5.91 Å². The summed E-state index contributed by atoms with van der Waals surface area (Å²) >= 11 is 0. The number of para-hydroxylation sites is 1. The van der Waals surface area contributed by atoms with Crippen LogP contribution in [-0.2, 0) is 4.79 Å². The van der Waals surface area contributed by atoms with E-state index in [-0.39, 0.29) is 12.1 Å². The molecule has 0 aromatic heterocycles. The maximum absolute atomic E-state index is 13.9. The number of nitrogens with one attached hydrogen (secondary N) is 1. The fraction of sp³-hybridized carbons (Fsp3) is 0.222. The highest BCUT2D eigenvalue weighted by Crippen LogP contribution is 2.23. The number of carbonyl (C=O) groups excluding carboxylic acids is 1. The molecular formula is C18H19FN2O4. The van der Waals surface area contributed by atoms with Crippen LogP contribution in [-0.4, -0.2) is 29.6 Å². The van der Waals surface area contributed by atoms with Crippen molar-refractivity contribution in [2.75, 3.05) is 6.54 Å². The number of aliphatic carboxylic acids is 1. The van der Waals surface area contributed by atoms with Crippen molar-refractivity contribution in [1.82, 2.24) is 5.32 Å². The summed E-state index contributed by atoms with van der Waals surface area (Å²) in [4.78, 5) is 22.8. The lowest BCUT2D eigenvalue weighted by atomic mass is 10.1. The highest BCUT2D eigenvalue weighted by atomic mass is 19.1. The second-order valence-corrected chi connectivity index (χ2v) is 5.50. The van der Waals surface area contributed by atoms with Gasteiger partial charge in [-0.2, -0.15) is 0 Å². The summed E-state index contributed by atoms with van der Waals surface area (Å²) in [5.41, 5.74) is 5.88. The first-order valence-corrected chi connectivity index (χ1v) is 7.65. The lowest BCUT2D eigenvalue weighted by Gasteiger charge is -2.16. The minimum absolute atomic E-state index is 0.0658. The third kappa shape index (κ3) is 5.29. The maximum atomic E-state index is 13.9. The van der Waals surface area contributed by atoms with Crippen molar-refractivity contribution < 1.29 is 23.8 Å². The number of ether oxygens (including phenoxy) is 1. The molecule has 7 heteroatoms. The van der Waals surface area contributed by atoms with Gasteiger partial charge in [-0.05, 0) is 42.8 Å². The van der Waals surface area contributed by atoms with E-state index >= 15 is 0 Å². The van der Waals surface area contributed by atoms with Crippen molar-refractivity contribution in [3.8, 4) is 5.75 Å². The van der Waals surface area contributed by atoms with E-state index in [1.54, 1.807) is 19.1 Å². The van der Waals surface area contributed by atoms with Gasteiger partial charge >= 0.3 is 5.97 Å². The van der Waals surface area contributed by atoms with E-state index in [0.29, 0.717) is 11.3 Å². The van der Waals surface area contributed by atoms with E-state index in [4.69, 9.17) is 15.6 Å². The zero-order valence-corrected chi connectivity index (χ0v) is 13.6. The molecule has 0 bridgehead atoms. The molecule has 0 spiro atoms. The smallest absolute Gasteiger partial charge is 0.322 e. The van der Waals surface area contributed by atoms with E-state index in [2.05, 4.69) is 5.32 Å². The van der Waals surface area contributed by atoms with Crippen LogP contribution in [0.3, 0.4) is 0 Å². The fourth-order valence-electron chi connectivity index (χ4n) is 2.14. The van der Waals surface area contributed by atoms with Crippen LogP contribution in [0.2, 0.25) is 0 Å². The number of carboxylic acids is 1. The van der Waals surface area contributed by atoms with Crippen LogP contribution < -0.4 is 15.8 Å². The first-order chi connectivity index (χ1) is 11.9. The number of carbonyl (C=O) groups is 2. The maximum Gasteiger partial charge on any atom is 0.322 e. The van der Waals surface area contributed by atoms with Crippen LogP contribution in [0.4, 0.5) is 4.39 Å². The zero-order chi connectivity index (χ0) is 18.4. The summed E-state index contributed by atoms with van der Waals surface area (Å²) in [6, 6.07) is 11.7. The number of rotatable bonds is 7. The van der Waals surface area contributed by atoms with Gasteiger partial charge in [0, 0.05) is 12.1 Å². The van der Waals surface area contributed by atoms with Crippen LogP contribution in [0.1, 0.15) is 28.9 Å². The van der Waals surface area contributed by atoms with Crippen LogP contribution in [0.5, 0.6) is 5.75 Å². The van der Waals surface area contributed by atoms with Gasteiger partial charge in [-0.1, -0.05) is 18.2 Å². The molecule has 0 heterocycles. The van der Waals surface area contributed by atoms with E-state index in [1.807, 2.05) is 18.2 Å². The Morgan fingerprint density at radius 1 is 1.24 bits per heavy atom. The van der Waals surface area contributed by atoms with Crippen LogP contribution >= 0.6 is 0 Å². The molecular weight excluding hydrogens is 327 g/mol. The lowest BCUT2D eigenvalue weighted by molar-refractivity contribution is -0.138. The summed E-state index contributed by atoms with van der Waals surface area (Å²) in [7, 11) is 0. The molecule has 0 aliphatic heterocycles. The molecule has 0 radical (unpaired) electrons. The largest absolute Gasteiger partial charge is 0.486 e. The van der Waals surface area contributed by atoms with E-state index in [1.165, 1.54) is 12.1 Å². The van der Waals surface area contributed by atoms with Crippen LogP contribution in [0, 0.1) is 5.82 Å². The topological polar surface area (TPSA) is 102 Å². The van der Waals surface area contributed by atoms with Crippen LogP contribution in [0.15, 0.2) is 48.5 Å². The SMILES string of the molecule is CC(Oc1ccccc1)c1cc(F)cc(C(=O)NC[C@@H](N)C(=O)O)c1. The van der Waals surface area contributed by atoms with Crippen molar-refractivity contribution in [2.45, 2.75) is 19.1 Å². The highest BCUT2D eigenvalue weighted by molar-refractivity contribution is 5.94. The summed E-state index contributed by atoms with van der Waals surface area (Å²) in [6.07, 6.45) is -0.481. The molecule has 25 heavy (non-hydrogen) atoms. The quantitative estimate of drug-likeness (QED) is 0.713. The number of nitrogens with two attached hydrogens (primary N) is 1. The molecule has 2 aromatic carbocycles. The molecule has 0 saturated heterocycles. The third-order valence-electron chi connectivity index (χ3n) is 3.51. The number of hydrogen-bond acceptors (Lipinski definition) is 4. The number of carboxylic acid groups (broad SMARTS) is 1. The summed E-state index contributed by atoms with van der Waals surface area (Å²) < 4.78 is 19.6. The van der Waals surface area contributed by atoms with Crippen LogP contribution in [0.25, 0.3) is 0 Å². The Balaban J connectivity index is 2.11. The van der Waals surface area contributed by atoms with Gasteiger partial charge in [0.15, 0.2) is 0 Å². The second kappa shape index (κ2) is 8.25. The predicted molar refractivity (Wildman–Crippen MR) is 89.8 cm³/mol. The molecule has 0 fully saturated rings. The Morgan fingerprint density at radius 3 is 2.56 bits per heavy atom. The minimum atomic E-state index is -1.23.